The first-order valence-corrected chi connectivity index (χ1v) is 11.4. The van der Waals surface area contributed by atoms with Crippen molar-refractivity contribution < 1.29 is 27.1 Å². The summed E-state index contributed by atoms with van der Waals surface area (Å²) in [5.74, 6) is -0.854. The van der Waals surface area contributed by atoms with E-state index in [9.17, 15) is 22.4 Å². The van der Waals surface area contributed by atoms with Gasteiger partial charge in [-0.1, -0.05) is 0 Å². The van der Waals surface area contributed by atoms with Crippen LogP contribution in [0.4, 0.5) is 23.2 Å². The van der Waals surface area contributed by atoms with Crippen LogP contribution < -0.4 is 10.1 Å². The van der Waals surface area contributed by atoms with E-state index in [1.807, 2.05) is 10.3 Å². The van der Waals surface area contributed by atoms with Gasteiger partial charge in [0.15, 0.2) is 0 Å². The molecule has 0 saturated carbocycles. The quantitative estimate of drug-likeness (QED) is 0.487. The predicted molar refractivity (Wildman–Crippen MR) is 121 cm³/mol. The fourth-order valence-corrected chi connectivity index (χ4v) is 4.42. The smallest absolute Gasteiger partial charge is 0.406 e. The lowest BCUT2D eigenvalue weighted by Crippen LogP contribution is -2.48. The maximum atomic E-state index is 13.1. The highest BCUT2D eigenvalue weighted by Gasteiger charge is 2.31. The first kappa shape index (κ1) is 24.1. The summed E-state index contributed by atoms with van der Waals surface area (Å²) in [4.78, 5) is 21.3. The molecular weight excluding hydrogens is 472 g/mol. The summed E-state index contributed by atoms with van der Waals surface area (Å²) in [6.45, 7) is 3.88. The van der Waals surface area contributed by atoms with Gasteiger partial charge in [0.25, 0.3) is 0 Å². The highest BCUT2D eigenvalue weighted by atomic mass is 32.1. The Labute approximate surface area is 197 Å². The van der Waals surface area contributed by atoms with E-state index in [1.165, 1.54) is 24.3 Å². The number of carbonyl (C=O) groups excluding carboxylic acids is 1. The Morgan fingerprint density at radius 1 is 1.00 bits per heavy atom. The van der Waals surface area contributed by atoms with Crippen LogP contribution in [0.15, 0.2) is 53.9 Å². The van der Waals surface area contributed by atoms with Crippen LogP contribution in [0.1, 0.15) is 5.01 Å². The van der Waals surface area contributed by atoms with E-state index in [2.05, 4.69) is 19.9 Å². The molecule has 0 aliphatic carbocycles. The second-order valence-corrected chi connectivity index (χ2v) is 8.75. The summed E-state index contributed by atoms with van der Waals surface area (Å²) in [5.41, 5.74) is 2.11. The van der Waals surface area contributed by atoms with Crippen LogP contribution in [0.5, 0.6) is 5.75 Å². The molecular formula is C23H22F4N4O2S. The highest BCUT2D eigenvalue weighted by molar-refractivity contribution is 7.09. The second-order valence-electron chi connectivity index (χ2n) is 7.81. The van der Waals surface area contributed by atoms with Crippen molar-refractivity contribution in [1.82, 2.24) is 14.8 Å². The maximum absolute atomic E-state index is 13.1. The molecule has 1 aliphatic rings. The van der Waals surface area contributed by atoms with Crippen LogP contribution in [0, 0.1) is 5.82 Å². The summed E-state index contributed by atoms with van der Waals surface area (Å²) in [6, 6.07) is 11.3. The Morgan fingerprint density at radius 3 is 2.29 bits per heavy atom. The van der Waals surface area contributed by atoms with Gasteiger partial charge in [0.2, 0.25) is 5.91 Å². The Morgan fingerprint density at radius 2 is 1.65 bits per heavy atom. The Balaban J connectivity index is 1.20. The molecule has 1 fully saturated rings. The fraction of sp³-hybridized carbons (Fsp3) is 0.304. The predicted octanol–water partition coefficient (Wildman–Crippen LogP) is 4.60. The fourth-order valence-electron chi connectivity index (χ4n) is 3.58. The zero-order valence-corrected chi connectivity index (χ0v) is 18.8. The number of thiazole rings is 1. The Hall–Kier alpha value is -3.02. The average Bonchev–Trinajstić information content (AvgIpc) is 3.24. The maximum Gasteiger partial charge on any atom is 0.573 e. The van der Waals surface area contributed by atoms with Gasteiger partial charge < -0.3 is 10.1 Å². The topological polar surface area (TPSA) is 57.7 Å². The number of anilines is 1. The summed E-state index contributed by atoms with van der Waals surface area (Å²) in [6.07, 6.45) is -4.75. The standard InChI is InChI=1S/C23H22F4N4O2S/c24-17-3-1-16(2-4-17)20-15-34-22(29-20)14-31-11-9-30(10-12-31)13-21(32)28-18-5-7-19(8-6-18)33-23(25,26)27/h1-8,15H,9-14H2,(H,28,32). The van der Waals surface area contributed by atoms with Crippen molar-refractivity contribution in [2.45, 2.75) is 12.9 Å². The van der Waals surface area contributed by atoms with Gasteiger partial charge in [-0.05, 0) is 48.5 Å². The monoisotopic (exact) mass is 494 g/mol. The number of hydrogen-bond donors (Lipinski definition) is 1. The number of carbonyl (C=O) groups is 1. The average molecular weight is 495 g/mol. The number of benzene rings is 2. The van der Waals surface area contributed by atoms with Gasteiger partial charge in [0.05, 0.1) is 18.8 Å². The molecule has 0 unspecified atom stereocenters. The Kier molecular flexibility index (Phi) is 7.44. The number of piperazine rings is 1. The van der Waals surface area contributed by atoms with Gasteiger partial charge in [-0.15, -0.1) is 24.5 Å². The zero-order chi connectivity index (χ0) is 24.1. The van der Waals surface area contributed by atoms with Gasteiger partial charge in [-0.25, -0.2) is 9.37 Å². The van der Waals surface area contributed by atoms with Crippen molar-refractivity contribution >= 4 is 22.9 Å². The first-order valence-electron chi connectivity index (χ1n) is 10.5. The minimum atomic E-state index is -4.75. The molecule has 3 aromatic rings. The van der Waals surface area contributed by atoms with Gasteiger partial charge in [0, 0.05) is 42.8 Å². The normalized spacial score (nSPS) is 15.3. The van der Waals surface area contributed by atoms with Gasteiger partial charge in [-0.2, -0.15) is 0 Å². The van der Waals surface area contributed by atoms with Crippen LogP contribution in [-0.2, 0) is 11.3 Å². The SMILES string of the molecule is O=C(CN1CCN(Cc2nc(-c3ccc(F)cc3)cs2)CC1)Nc1ccc(OC(F)(F)F)cc1. The molecule has 1 saturated heterocycles. The second kappa shape index (κ2) is 10.5. The van der Waals surface area contributed by atoms with E-state index in [0.29, 0.717) is 25.3 Å². The molecule has 180 valence electrons. The Bertz CT molecular complexity index is 1100. The first-order chi connectivity index (χ1) is 16.2. The third kappa shape index (κ3) is 6.99. The molecule has 0 bridgehead atoms. The lowest BCUT2D eigenvalue weighted by atomic mass is 10.2. The van der Waals surface area contributed by atoms with Crippen LogP contribution in [0.25, 0.3) is 11.3 Å². The molecule has 4 rings (SSSR count). The molecule has 11 heteroatoms. The van der Waals surface area contributed by atoms with E-state index in [0.717, 1.165) is 41.5 Å². The van der Waals surface area contributed by atoms with E-state index < -0.39 is 6.36 Å². The molecule has 0 radical (unpaired) electrons. The summed E-state index contributed by atoms with van der Waals surface area (Å²) < 4.78 is 53.6. The molecule has 1 aromatic heterocycles. The number of halogens is 4. The number of hydrogen-bond acceptors (Lipinski definition) is 6. The summed E-state index contributed by atoms with van der Waals surface area (Å²) in [7, 11) is 0. The molecule has 1 N–H and O–H groups in total. The minimum absolute atomic E-state index is 0.195. The third-order valence-corrected chi connectivity index (χ3v) is 6.09. The third-order valence-electron chi connectivity index (χ3n) is 5.25. The van der Waals surface area contributed by atoms with Crippen LogP contribution >= 0.6 is 11.3 Å². The highest BCUT2D eigenvalue weighted by Crippen LogP contribution is 2.25. The summed E-state index contributed by atoms with van der Waals surface area (Å²) in [5, 5.41) is 5.63. The van der Waals surface area contributed by atoms with Crippen LogP contribution in [0.2, 0.25) is 0 Å². The molecule has 1 amide bonds. The van der Waals surface area contributed by atoms with Crippen molar-refractivity contribution in [1.29, 1.82) is 0 Å². The van der Waals surface area contributed by atoms with Gasteiger partial charge in [0.1, 0.15) is 16.6 Å². The molecule has 0 atom stereocenters. The molecule has 0 spiro atoms. The molecule has 1 aliphatic heterocycles. The van der Waals surface area contributed by atoms with Gasteiger partial charge in [-0.3, -0.25) is 14.6 Å². The van der Waals surface area contributed by atoms with Crippen molar-refractivity contribution in [2.24, 2.45) is 0 Å². The molecule has 6 nitrogen and oxygen atoms in total. The van der Waals surface area contributed by atoms with Crippen LogP contribution in [0.3, 0.4) is 0 Å². The number of ether oxygens (including phenoxy) is 1. The number of aromatic nitrogens is 1. The largest absolute Gasteiger partial charge is 0.573 e. The van der Waals surface area contributed by atoms with E-state index in [4.69, 9.17) is 0 Å². The lowest BCUT2D eigenvalue weighted by molar-refractivity contribution is -0.274. The van der Waals surface area contributed by atoms with Crippen molar-refractivity contribution in [3.05, 3.63) is 64.7 Å². The van der Waals surface area contributed by atoms with Crippen molar-refractivity contribution in [3.63, 3.8) is 0 Å². The van der Waals surface area contributed by atoms with E-state index in [1.54, 1.807) is 23.5 Å². The molecule has 2 heterocycles. The van der Waals surface area contributed by atoms with E-state index in [-0.39, 0.29) is 24.0 Å². The number of alkyl halides is 3. The van der Waals surface area contributed by atoms with E-state index >= 15 is 0 Å². The lowest BCUT2D eigenvalue weighted by Gasteiger charge is -2.33. The van der Waals surface area contributed by atoms with Gasteiger partial charge >= 0.3 is 6.36 Å². The molecule has 34 heavy (non-hydrogen) atoms. The number of rotatable bonds is 7. The van der Waals surface area contributed by atoms with Crippen molar-refractivity contribution in [3.8, 4) is 17.0 Å². The number of nitrogens with one attached hydrogen (secondary N) is 1. The van der Waals surface area contributed by atoms with Crippen LogP contribution in [-0.4, -0.2) is 59.8 Å². The summed E-state index contributed by atoms with van der Waals surface area (Å²) >= 11 is 1.56. The zero-order valence-electron chi connectivity index (χ0n) is 18.0. The number of nitrogens with zero attached hydrogens (tertiary/aromatic N) is 3. The van der Waals surface area contributed by atoms with Crippen molar-refractivity contribution in [2.75, 3.05) is 38.0 Å². The minimum Gasteiger partial charge on any atom is -0.406 e. The molecule has 2 aromatic carbocycles. The number of amides is 1.